The van der Waals surface area contributed by atoms with E-state index in [1.807, 2.05) is 6.92 Å². The largest absolute Gasteiger partial charge is 0.440 e. The molecule has 18 heavy (non-hydrogen) atoms. The first kappa shape index (κ1) is 13.5. The van der Waals surface area contributed by atoms with Crippen molar-refractivity contribution in [1.82, 2.24) is 4.98 Å². The second-order valence-electron chi connectivity index (χ2n) is 5.11. The van der Waals surface area contributed by atoms with Crippen molar-refractivity contribution in [2.45, 2.75) is 56.4 Å². The Bertz CT molecular complexity index is 424. The lowest BCUT2D eigenvalue weighted by Crippen LogP contribution is -2.26. The Kier molecular flexibility index (Phi) is 4.71. The lowest BCUT2D eigenvalue weighted by Gasteiger charge is -2.31. The van der Waals surface area contributed by atoms with Crippen LogP contribution in [0.5, 0.6) is 0 Å². The number of aromatic nitrogens is 1. The highest BCUT2D eigenvalue weighted by Gasteiger charge is 2.31. The van der Waals surface area contributed by atoms with Crippen molar-refractivity contribution in [3.8, 4) is 6.07 Å². The van der Waals surface area contributed by atoms with Crippen LogP contribution in [0.1, 0.15) is 44.7 Å². The molecule has 3 atom stereocenters. The SMILES string of the molecule is CCCC1CCC(C#N)C(Sc2nc(C)co2)C1. The molecule has 0 N–H and O–H groups in total. The van der Waals surface area contributed by atoms with E-state index in [1.165, 1.54) is 19.3 Å². The van der Waals surface area contributed by atoms with Crippen LogP contribution in [0, 0.1) is 30.1 Å². The highest BCUT2D eigenvalue weighted by molar-refractivity contribution is 7.99. The standard InChI is InChI=1S/C14H20N2OS/c1-3-4-11-5-6-12(8-15)13(7-11)18-14-16-10(2)9-17-14/h9,11-13H,3-7H2,1-2H3. The van der Waals surface area contributed by atoms with Crippen molar-refractivity contribution in [2.24, 2.45) is 11.8 Å². The normalized spacial score (nSPS) is 27.9. The van der Waals surface area contributed by atoms with E-state index in [4.69, 9.17) is 4.42 Å². The minimum absolute atomic E-state index is 0.148. The van der Waals surface area contributed by atoms with Gasteiger partial charge in [0.25, 0.3) is 5.22 Å². The molecule has 1 aliphatic carbocycles. The Balaban J connectivity index is 2.00. The molecule has 1 aromatic rings. The average Bonchev–Trinajstić information content (AvgIpc) is 2.76. The summed E-state index contributed by atoms with van der Waals surface area (Å²) in [5.41, 5.74) is 0.909. The van der Waals surface area contributed by atoms with Gasteiger partial charge in [-0.3, -0.25) is 0 Å². The Labute approximate surface area is 113 Å². The highest BCUT2D eigenvalue weighted by Crippen LogP contribution is 2.40. The third-order valence-corrected chi connectivity index (χ3v) is 4.83. The first-order valence-corrected chi connectivity index (χ1v) is 7.59. The van der Waals surface area contributed by atoms with Gasteiger partial charge in [-0.05, 0) is 32.1 Å². The molecule has 0 radical (unpaired) electrons. The summed E-state index contributed by atoms with van der Waals surface area (Å²) in [5, 5.41) is 10.3. The lowest BCUT2D eigenvalue weighted by molar-refractivity contribution is 0.305. The highest BCUT2D eigenvalue weighted by atomic mass is 32.2. The summed E-state index contributed by atoms with van der Waals surface area (Å²) >= 11 is 1.65. The molecule has 0 amide bonds. The molecule has 3 nitrogen and oxygen atoms in total. The van der Waals surface area contributed by atoms with Gasteiger partial charge < -0.3 is 4.42 Å². The van der Waals surface area contributed by atoms with Crippen molar-refractivity contribution in [1.29, 1.82) is 5.26 Å². The van der Waals surface area contributed by atoms with Crippen molar-refractivity contribution in [3.05, 3.63) is 12.0 Å². The fourth-order valence-corrected chi connectivity index (χ4v) is 3.97. The Morgan fingerprint density at radius 1 is 1.56 bits per heavy atom. The van der Waals surface area contributed by atoms with Crippen molar-refractivity contribution in [2.75, 3.05) is 0 Å². The van der Waals surface area contributed by atoms with Crippen LogP contribution in [0.2, 0.25) is 0 Å². The smallest absolute Gasteiger partial charge is 0.256 e. The molecule has 0 spiro atoms. The van der Waals surface area contributed by atoms with Gasteiger partial charge in [-0.2, -0.15) is 5.26 Å². The maximum atomic E-state index is 9.25. The number of rotatable bonds is 4. The number of hydrogen-bond acceptors (Lipinski definition) is 4. The molecule has 1 aliphatic rings. The zero-order valence-corrected chi connectivity index (χ0v) is 11.9. The van der Waals surface area contributed by atoms with Crippen LogP contribution < -0.4 is 0 Å². The Morgan fingerprint density at radius 2 is 2.39 bits per heavy atom. The van der Waals surface area contributed by atoms with Gasteiger partial charge in [-0.25, -0.2) is 4.98 Å². The summed E-state index contributed by atoms with van der Waals surface area (Å²) in [5.74, 6) is 0.920. The van der Waals surface area contributed by atoms with Crippen molar-refractivity contribution >= 4 is 11.8 Å². The number of aryl methyl sites for hydroxylation is 1. The molecule has 0 saturated heterocycles. The molecule has 1 saturated carbocycles. The van der Waals surface area contributed by atoms with Gasteiger partial charge in [0, 0.05) is 5.25 Å². The van der Waals surface area contributed by atoms with E-state index in [1.54, 1.807) is 18.0 Å². The summed E-state index contributed by atoms with van der Waals surface area (Å²) in [6.07, 6.45) is 7.54. The Morgan fingerprint density at radius 3 is 3.00 bits per heavy atom. The molecule has 1 aromatic heterocycles. The van der Waals surface area contributed by atoms with E-state index >= 15 is 0 Å². The van der Waals surface area contributed by atoms with Crippen LogP contribution in [0.4, 0.5) is 0 Å². The third kappa shape index (κ3) is 3.29. The summed E-state index contributed by atoms with van der Waals surface area (Å²) in [7, 11) is 0. The predicted molar refractivity (Wildman–Crippen MR) is 72.2 cm³/mol. The second-order valence-corrected chi connectivity index (χ2v) is 6.30. The monoisotopic (exact) mass is 264 g/mol. The molecule has 0 bridgehead atoms. The lowest BCUT2D eigenvalue weighted by atomic mass is 9.80. The number of thioether (sulfide) groups is 1. The quantitative estimate of drug-likeness (QED) is 0.818. The van der Waals surface area contributed by atoms with Gasteiger partial charge in [0.05, 0.1) is 17.7 Å². The Hall–Kier alpha value is -0.950. The average molecular weight is 264 g/mol. The van der Waals surface area contributed by atoms with Crippen LogP contribution in [0.25, 0.3) is 0 Å². The minimum atomic E-state index is 0.148. The molecule has 1 fully saturated rings. The summed E-state index contributed by atoms with van der Waals surface area (Å²) in [6.45, 7) is 4.16. The van der Waals surface area contributed by atoms with Gasteiger partial charge in [-0.1, -0.05) is 31.5 Å². The molecule has 0 aromatic carbocycles. The molecule has 3 unspecified atom stereocenters. The maximum absolute atomic E-state index is 9.25. The number of oxazole rings is 1. The van der Waals surface area contributed by atoms with Gasteiger partial charge in [0.15, 0.2) is 0 Å². The topological polar surface area (TPSA) is 49.8 Å². The number of nitriles is 1. The van der Waals surface area contributed by atoms with Gasteiger partial charge in [-0.15, -0.1) is 0 Å². The molecule has 2 rings (SSSR count). The van der Waals surface area contributed by atoms with Crippen LogP contribution in [0.15, 0.2) is 15.9 Å². The fraction of sp³-hybridized carbons (Fsp3) is 0.714. The van der Waals surface area contributed by atoms with E-state index < -0.39 is 0 Å². The first-order chi connectivity index (χ1) is 8.72. The van der Waals surface area contributed by atoms with Gasteiger partial charge in [0.2, 0.25) is 0 Å². The zero-order chi connectivity index (χ0) is 13.0. The number of hydrogen-bond donors (Lipinski definition) is 0. The molecule has 0 aliphatic heterocycles. The van der Waals surface area contributed by atoms with Crippen LogP contribution in [-0.4, -0.2) is 10.2 Å². The first-order valence-electron chi connectivity index (χ1n) is 6.71. The molecular weight excluding hydrogens is 244 g/mol. The van der Waals surface area contributed by atoms with E-state index in [-0.39, 0.29) is 5.92 Å². The number of nitrogens with zero attached hydrogens (tertiary/aromatic N) is 2. The summed E-state index contributed by atoms with van der Waals surface area (Å²) in [4.78, 5) is 4.33. The van der Waals surface area contributed by atoms with Gasteiger partial charge >= 0.3 is 0 Å². The van der Waals surface area contributed by atoms with Crippen LogP contribution in [-0.2, 0) is 0 Å². The van der Waals surface area contributed by atoms with Crippen molar-refractivity contribution < 1.29 is 4.42 Å². The second kappa shape index (κ2) is 6.29. The van der Waals surface area contributed by atoms with E-state index in [0.29, 0.717) is 5.25 Å². The van der Waals surface area contributed by atoms with Crippen LogP contribution in [0.3, 0.4) is 0 Å². The van der Waals surface area contributed by atoms with E-state index in [0.717, 1.165) is 29.7 Å². The van der Waals surface area contributed by atoms with E-state index in [2.05, 4.69) is 18.0 Å². The maximum Gasteiger partial charge on any atom is 0.256 e. The van der Waals surface area contributed by atoms with E-state index in [9.17, 15) is 5.26 Å². The summed E-state index contributed by atoms with van der Waals surface area (Å²) < 4.78 is 5.40. The molecule has 98 valence electrons. The zero-order valence-electron chi connectivity index (χ0n) is 11.1. The molecular formula is C14H20N2OS. The minimum Gasteiger partial charge on any atom is -0.440 e. The van der Waals surface area contributed by atoms with Crippen molar-refractivity contribution in [3.63, 3.8) is 0 Å². The predicted octanol–water partition coefficient (Wildman–Crippen LogP) is 4.18. The molecule has 1 heterocycles. The fourth-order valence-electron chi connectivity index (χ4n) is 2.68. The van der Waals surface area contributed by atoms with Crippen LogP contribution >= 0.6 is 11.8 Å². The van der Waals surface area contributed by atoms with Gasteiger partial charge in [0.1, 0.15) is 6.26 Å². The third-order valence-electron chi connectivity index (χ3n) is 3.61. The molecule has 4 heteroatoms. The summed E-state index contributed by atoms with van der Waals surface area (Å²) in [6, 6.07) is 2.45.